The molecule has 0 fully saturated rings. The second-order valence-corrected chi connectivity index (χ2v) is 9.13. The zero-order chi connectivity index (χ0) is 23.6. The van der Waals surface area contributed by atoms with Gasteiger partial charge in [0.05, 0.1) is 24.2 Å². The molecule has 0 spiro atoms. The van der Waals surface area contributed by atoms with E-state index in [1.807, 2.05) is 36.7 Å². The number of nitriles is 1. The topological polar surface area (TPSA) is 104 Å². The Bertz CT molecular complexity index is 1080. The number of hydrogen-bond donors (Lipinski definition) is 1. The van der Waals surface area contributed by atoms with Gasteiger partial charge in [-0.2, -0.15) is 5.26 Å². The maximum Gasteiger partial charge on any atom is 0.263 e. The molecule has 8 nitrogen and oxygen atoms in total. The highest BCUT2D eigenvalue weighted by Gasteiger charge is 2.21. The first kappa shape index (κ1) is 24.1. The number of aromatic nitrogens is 3. The summed E-state index contributed by atoms with van der Waals surface area (Å²) in [4.78, 5) is 36.0. The largest absolute Gasteiger partial charge is 0.351 e. The Kier molecular flexibility index (Phi) is 8.72. The van der Waals surface area contributed by atoms with E-state index in [4.69, 9.17) is 5.26 Å². The van der Waals surface area contributed by atoms with Crippen LogP contribution in [0.15, 0.2) is 49.2 Å². The van der Waals surface area contributed by atoms with Gasteiger partial charge in [0.2, 0.25) is 5.91 Å². The molecule has 0 unspecified atom stereocenters. The van der Waals surface area contributed by atoms with E-state index < -0.39 is 0 Å². The molecule has 0 radical (unpaired) electrons. The Morgan fingerprint density at radius 3 is 2.73 bits per heavy atom. The van der Waals surface area contributed by atoms with Crippen molar-refractivity contribution >= 4 is 28.3 Å². The van der Waals surface area contributed by atoms with E-state index in [1.54, 1.807) is 29.6 Å². The summed E-state index contributed by atoms with van der Waals surface area (Å²) < 4.78 is 1.96. The van der Waals surface area contributed by atoms with Crippen molar-refractivity contribution in [1.29, 1.82) is 5.26 Å². The van der Waals surface area contributed by atoms with Gasteiger partial charge in [0, 0.05) is 38.4 Å². The van der Waals surface area contributed by atoms with E-state index in [0.29, 0.717) is 41.5 Å². The van der Waals surface area contributed by atoms with Crippen molar-refractivity contribution in [2.24, 2.45) is 5.92 Å². The van der Waals surface area contributed by atoms with Crippen molar-refractivity contribution < 1.29 is 9.59 Å². The van der Waals surface area contributed by atoms with Gasteiger partial charge in [0.1, 0.15) is 4.88 Å². The third-order valence-corrected chi connectivity index (χ3v) is 6.00. The highest BCUT2D eigenvalue weighted by Crippen LogP contribution is 2.24. The summed E-state index contributed by atoms with van der Waals surface area (Å²) in [6, 6.07) is 9.45. The minimum Gasteiger partial charge on any atom is -0.351 e. The fourth-order valence-electron chi connectivity index (χ4n) is 3.24. The fourth-order valence-corrected chi connectivity index (χ4v) is 4.11. The Morgan fingerprint density at radius 2 is 2.06 bits per heavy atom. The molecule has 1 aromatic carbocycles. The van der Waals surface area contributed by atoms with Crippen LogP contribution in [-0.2, 0) is 17.8 Å². The van der Waals surface area contributed by atoms with Gasteiger partial charge in [0.25, 0.3) is 5.91 Å². The molecule has 0 bridgehead atoms. The van der Waals surface area contributed by atoms with Gasteiger partial charge in [0.15, 0.2) is 5.13 Å². The lowest BCUT2D eigenvalue weighted by atomic mass is 10.1. The Morgan fingerprint density at radius 1 is 1.27 bits per heavy atom. The number of hydrogen-bond acceptors (Lipinski definition) is 6. The van der Waals surface area contributed by atoms with Crippen LogP contribution in [0.5, 0.6) is 0 Å². The second-order valence-electron chi connectivity index (χ2n) is 8.12. The number of anilines is 1. The molecular formula is C24H28N6O2S. The lowest BCUT2D eigenvalue weighted by molar-refractivity contribution is -0.119. The van der Waals surface area contributed by atoms with E-state index in [2.05, 4.69) is 21.4 Å². The number of benzene rings is 1. The Hall–Kier alpha value is -3.51. The molecule has 0 aliphatic rings. The summed E-state index contributed by atoms with van der Waals surface area (Å²) in [6.07, 6.45) is 8.72. The van der Waals surface area contributed by atoms with Crippen LogP contribution in [0, 0.1) is 17.2 Å². The smallest absolute Gasteiger partial charge is 0.263 e. The summed E-state index contributed by atoms with van der Waals surface area (Å²) >= 11 is 1.23. The van der Waals surface area contributed by atoms with Crippen molar-refractivity contribution in [3.63, 3.8) is 0 Å². The normalized spacial score (nSPS) is 10.7. The number of carbonyl (C=O) groups excluding carboxylic acids is 2. The lowest BCUT2D eigenvalue weighted by Crippen LogP contribution is -2.33. The highest BCUT2D eigenvalue weighted by atomic mass is 32.1. The van der Waals surface area contributed by atoms with Crippen LogP contribution >= 0.6 is 11.3 Å². The third-order valence-electron chi connectivity index (χ3n) is 4.98. The number of nitrogens with zero attached hydrogens (tertiary/aromatic N) is 5. The van der Waals surface area contributed by atoms with Gasteiger partial charge >= 0.3 is 0 Å². The standard InChI is InChI=1S/C24H28N6O2S/c1-18(2)14-22(31)30(12-8-19-4-6-20(15-25)7-5-19)24-28-16-21(33-24)23(32)27-9-3-11-29-13-10-26-17-29/h4-7,10,13,16-18H,3,8-9,11-12,14H2,1-2H3,(H,27,32). The fraction of sp³-hybridized carbons (Fsp3) is 0.375. The maximum absolute atomic E-state index is 12.9. The predicted octanol–water partition coefficient (Wildman–Crippen LogP) is 3.65. The molecule has 172 valence electrons. The first-order valence-electron chi connectivity index (χ1n) is 11.0. The van der Waals surface area contributed by atoms with Crippen molar-refractivity contribution in [3.05, 3.63) is 65.2 Å². The zero-order valence-corrected chi connectivity index (χ0v) is 19.7. The van der Waals surface area contributed by atoms with Crippen LogP contribution in [-0.4, -0.2) is 39.4 Å². The molecule has 0 aliphatic heterocycles. The third kappa shape index (κ3) is 7.26. The first-order chi connectivity index (χ1) is 16.0. The van der Waals surface area contributed by atoms with Gasteiger partial charge in [-0.3, -0.25) is 14.5 Å². The quantitative estimate of drug-likeness (QED) is 0.436. The van der Waals surface area contributed by atoms with Crippen molar-refractivity contribution in [1.82, 2.24) is 19.9 Å². The highest BCUT2D eigenvalue weighted by molar-refractivity contribution is 7.17. The van der Waals surface area contributed by atoms with Crippen molar-refractivity contribution in [2.75, 3.05) is 18.0 Å². The summed E-state index contributed by atoms with van der Waals surface area (Å²) in [5.74, 6) is 0.0150. The molecule has 2 aromatic heterocycles. The molecule has 33 heavy (non-hydrogen) atoms. The molecule has 2 amide bonds. The molecule has 2 heterocycles. The molecule has 1 N–H and O–H groups in total. The van der Waals surface area contributed by atoms with Gasteiger partial charge in [-0.05, 0) is 36.5 Å². The molecular weight excluding hydrogens is 436 g/mol. The summed E-state index contributed by atoms with van der Waals surface area (Å²) in [5.41, 5.74) is 1.64. The number of amides is 2. The van der Waals surface area contributed by atoms with Gasteiger partial charge < -0.3 is 9.88 Å². The zero-order valence-electron chi connectivity index (χ0n) is 18.9. The first-order valence-corrected chi connectivity index (χ1v) is 11.8. The number of aryl methyl sites for hydroxylation is 1. The molecule has 0 aliphatic carbocycles. The summed E-state index contributed by atoms with van der Waals surface area (Å²) in [5, 5.41) is 12.4. The predicted molar refractivity (Wildman–Crippen MR) is 128 cm³/mol. The van der Waals surface area contributed by atoms with Gasteiger partial charge in [-0.1, -0.05) is 37.3 Å². The summed E-state index contributed by atoms with van der Waals surface area (Å²) in [7, 11) is 0. The van der Waals surface area contributed by atoms with Gasteiger partial charge in [-0.15, -0.1) is 0 Å². The maximum atomic E-state index is 12.9. The SMILES string of the molecule is CC(C)CC(=O)N(CCc1ccc(C#N)cc1)c1ncc(C(=O)NCCCn2ccnc2)s1. The van der Waals surface area contributed by atoms with Gasteiger partial charge in [-0.25, -0.2) is 9.97 Å². The molecule has 0 saturated heterocycles. The van der Waals surface area contributed by atoms with Crippen LogP contribution < -0.4 is 10.2 Å². The molecule has 0 saturated carbocycles. The molecule has 3 aromatic rings. The van der Waals surface area contributed by atoms with Crippen molar-refractivity contribution in [3.8, 4) is 6.07 Å². The molecule has 3 rings (SSSR count). The van der Waals surface area contributed by atoms with E-state index in [9.17, 15) is 9.59 Å². The van der Waals surface area contributed by atoms with E-state index >= 15 is 0 Å². The monoisotopic (exact) mass is 464 g/mol. The lowest BCUT2D eigenvalue weighted by Gasteiger charge is -2.21. The molecule has 9 heteroatoms. The number of carbonyl (C=O) groups is 2. The molecule has 0 atom stereocenters. The second kappa shape index (κ2) is 11.9. The van der Waals surface area contributed by atoms with Crippen LogP contribution in [0.4, 0.5) is 5.13 Å². The number of rotatable bonds is 11. The number of thiazole rings is 1. The Balaban J connectivity index is 1.61. The van der Waals surface area contributed by atoms with E-state index in [-0.39, 0.29) is 17.7 Å². The van der Waals surface area contributed by atoms with E-state index in [0.717, 1.165) is 18.5 Å². The van der Waals surface area contributed by atoms with Crippen LogP contribution in [0.1, 0.15) is 47.5 Å². The number of nitrogens with one attached hydrogen (secondary N) is 1. The average molecular weight is 465 g/mol. The summed E-state index contributed by atoms with van der Waals surface area (Å²) in [6.45, 7) is 5.78. The minimum absolute atomic E-state index is 0.0136. The Labute approximate surface area is 197 Å². The van der Waals surface area contributed by atoms with Crippen molar-refractivity contribution in [2.45, 2.75) is 39.7 Å². The van der Waals surface area contributed by atoms with Crippen LogP contribution in [0.2, 0.25) is 0 Å². The average Bonchev–Trinajstić information content (AvgIpc) is 3.49. The van der Waals surface area contributed by atoms with E-state index in [1.165, 1.54) is 17.5 Å². The minimum atomic E-state index is -0.187. The number of imidazole rings is 1. The van der Waals surface area contributed by atoms with Crippen LogP contribution in [0.25, 0.3) is 0 Å². The van der Waals surface area contributed by atoms with Crippen LogP contribution in [0.3, 0.4) is 0 Å².